The molecule has 0 saturated heterocycles. The van der Waals surface area contributed by atoms with Gasteiger partial charge in [-0.3, -0.25) is 4.79 Å². The lowest BCUT2D eigenvalue weighted by atomic mass is 10.1. The first-order valence-corrected chi connectivity index (χ1v) is 3.62. The summed E-state index contributed by atoms with van der Waals surface area (Å²) in [5.74, 6) is -0.553. The smallest absolute Gasteiger partial charge is 0.307 e. The number of hydrogen-bond acceptors (Lipinski definition) is 2. The molecule has 3 heteroatoms. The zero-order chi connectivity index (χ0) is 7.30. The average Bonchev–Trinajstić information content (AvgIpc) is 2.48. The first-order chi connectivity index (χ1) is 4.72. The number of fused-ring (bicyclic) bond motifs is 1. The highest BCUT2D eigenvalue weighted by Gasteiger charge is 2.61. The van der Waals surface area contributed by atoms with Gasteiger partial charge in [0, 0.05) is 5.92 Å². The van der Waals surface area contributed by atoms with Gasteiger partial charge in [-0.15, -0.1) is 0 Å². The summed E-state index contributed by atoms with van der Waals surface area (Å²) in [5.41, 5.74) is 0. The van der Waals surface area contributed by atoms with Crippen molar-refractivity contribution in [1.29, 1.82) is 0 Å². The predicted molar refractivity (Wildman–Crippen MR) is 33.3 cm³/mol. The highest BCUT2D eigenvalue weighted by molar-refractivity contribution is 5.74. The summed E-state index contributed by atoms with van der Waals surface area (Å²) >= 11 is 0. The molecule has 1 unspecified atom stereocenters. The second-order valence-electron chi connectivity index (χ2n) is 3.25. The minimum atomic E-state index is -0.728. The van der Waals surface area contributed by atoms with E-state index in [1.54, 1.807) is 0 Å². The Balaban J connectivity index is 2.05. The van der Waals surface area contributed by atoms with Gasteiger partial charge < -0.3 is 10.2 Å². The van der Waals surface area contributed by atoms with Gasteiger partial charge in [0.2, 0.25) is 0 Å². The third kappa shape index (κ3) is 0.611. The van der Waals surface area contributed by atoms with Gasteiger partial charge in [0.15, 0.2) is 0 Å². The molecule has 0 bridgehead atoms. The molecule has 0 amide bonds. The maximum Gasteiger partial charge on any atom is 0.307 e. The van der Waals surface area contributed by atoms with Crippen molar-refractivity contribution in [2.75, 3.05) is 0 Å². The van der Waals surface area contributed by atoms with Crippen molar-refractivity contribution in [2.45, 2.75) is 18.9 Å². The number of aliphatic hydroxyl groups excluding tert-OH is 1. The van der Waals surface area contributed by atoms with Crippen LogP contribution >= 0.6 is 0 Å². The number of carboxylic acids is 1. The third-order valence-electron chi connectivity index (χ3n) is 2.75. The molecule has 0 radical (unpaired) electrons. The Morgan fingerprint density at radius 2 is 2.10 bits per heavy atom. The summed E-state index contributed by atoms with van der Waals surface area (Å²) in [5, 5.41) is 17.8. The Morgan fingerprint density at radius 3 is 2.40 bits per heavy atom. The fourth-order valence-electron chi connectivity index (χ4n) is 2.20. The van der Waals surface area contributed by atoms with Crippen LogP contribution in [0, 0.1) is 17.8 Å². The Bertz CT molecular complexity index is 178. The van der Waals surface area contributed by atoms with E-state index in [9.17, 15) is 9.90 Å². The first-order valence-electron chi connectivity index (χ1n) is 3.62. The van der Waals surface area contributed by atoms with Crippen LogP contribution in [0.15, 0.2) is 0 Å². The maximum atomic E-state index is 10.4. The van der Waals surface area contributed by atoms with Crippen LogP contribution in [0.25, 0.3) is 0 Å². The molecule has 2 aliphatic rings. The highest BCUT2D eigenvalue weighted by atomic mass is 16.4. The topological polar surface area (TPSA) is 57.5 Å². The molecular weight excluding hydrogens is 132 g/mol. The van der Waals surface area contributed by atoms with Crippen molar-refractivity contribution < 1.29 is 15.0 Å². The second kappa shape index (κ2) is 1.72. The summed E-state index contributed by atoms with van der Waals surface area (Å²) in [6.07, 6.45) is 1.38. The van der Waals surface area contributed by atoms with Crippen LogP contribution in [0.4, 0.5) is 0 Å². The van der Waals surface area contributed by atoms with Crippen LogP contribution in [-0.2, 0) is 4.79 Å². The summed E-state index contributed by atoms with van der Waals surface area (Å²) in [7, 11) is 0. The van der Waals surface area contributed by atoms with Crippen LogP contribution < -0.4 is 0 Å². The Morgan fingerprint density at radius 1 is 1.40 bits per heavy atom. The number of hydrogen-bond donors (Lipinski definition) is 2. The summed E-state index contributed by atoms with van der Waals surface area (Å²) in [6.45, 7) is 0. The molecule has 0 aliphatic heterocycles. The molecule has 0 aromatic rings. The van der Waals surface area contributed by atoms with Crippen LogP contribution in [-0.4, -0.2) is 22.3 Å². The van der Waals surface area contributed by atoms with E-state index in [-0.39, 0.29) is 17.9 Å². The van der Waals surface area contributed by atoms with Crippen molar-refractivity contribution in [1.82, 2.24) is 0 Å². The van der Waals surface area contributed by atoms with E-state index >= 15 is 0 Å². The molecule has 0 aromatic carbocycles. The van der Waals surface area contributed by atoms with Crippen LogP contribution in [0.3, 0.4) is 0 Å². The minimum Gasteiger partial charge on any atom is -0.481 e. The molecule has 56 valence electrons. The van der Waals surface area contributed by atoms with E-state index in [1.165, 1.54) is 0 Å². The van der Waals surface area contributed by atoms with E-state index in [0.717, 1.165) is 12.8 Å². The van der Waals surface area contributed by atoms with Crippen LogP contribution in [0.2, 0.25) is 0 Å². The van der Waals surface area contributed by atoms with Gasteiger partial charge >= 0.3 is 5.97 Å². The number of aliphatic carboxylic acids is 1. The number of rotatable bonds is 1. The molecule has 2 rings (SSSR count). The molecule has 2 N–H and O–H groups in total. The van der Waals surface area contributed by atoms with Gasteiger partial charge in [-0.05, 0) is 18.8 Å². The summed E-state index contributed by atoms with van der Waals surface area (Å²) in [6, 6.07) is 0. The third-order valence-corrected chi connectivity index (χ3v) is 2.75. The van der Waals surface area contributed by atoms with Gasteiger partial charge in [0.25, 0.3) is 0 Å². The second-order valence-corrected chi connectivity index (χ2v) is 3.25. The average molecular weight is 142 g/mol. The van der Waals surface area contributed by atoms with Gasteiger partial charge in [-0.25, -0.2) is 0 Å². The summed E-state index contributed by atoms with van der Waals surface area (Å²) in [4.78, 5) is 10.4. The number of carboxylic acid groups (broad SMARTS) is 1. The van der Waals surface area contributed by atoms with E-state index in [0.29, 0.717) is 5.92 Å². The largest absolute Gasteiger partial charge is 0.481 e. The standard InChI is InChI=1S/C7H10O3/c8-4-2-1-3-5(4)6(3)7(9)10/h3-6,8H,1-2H2,(H,9,10)/t3-,4+,5-,6?/m1/s1. The molecular formula is C7H10O3. The fourth-order valence-corrected chi connectivity index (χ4v) is 2.20. The summed E-state index contributed by atoms with van der Waals surface area (Å²) < 4.78 is 0. The maximum absolute atomic E-state index is 10.4. The lowest BCUT2D eigenvalue weighted by molar-refractivity contribution is -0.139. The zero-order valence-corrected chi connectivity index (χ0v) is 5.53. The molecule has 2 fully saturated rings. The first kappa shape index (κ1) is 6.16. The van der Waals surface area contributed by atoms with Gasteiger partial charge in [-0.2, -0.15) is 0 Å². The molecule has 2 aliphatic carbocycles. The normalized spacial score (nSPS) is 50.5. The van der Waals surface area contributed by atoms with Crippen molar-refractivity contribution in [3.05, 3.63) is 0 Å². The molecule has 0 heterocycles. The number of aliphatic hydroxyl groups is 1. The van der Waals surface area contributed by atoms with E-state index in [4.69, 9.17) is 5.11 Å². The van der Waals surface area contributed by atoms with Crippen LogP contribution in [0.1, 0.15) is 12.8 Å². The van der Waals surface area contributed by atoms with E-state index in [1.807, 2.05) is 0 Å². The number of carbonyl (C=O) groups is 1. The molecule has 10 heavy (non-hydrogen) atoms. The lowest BCUT2D eigenvalue weighted by Crippen LogP contribution is -2.12. The van der Waals surface area contributed by atoms with Gasteiger partial charge in [0.1, 0.15) is 0 Å². The monoisotopic (exact) mass is 142 g/mol. The van der Waals surface area contributed by atoms with Crippen LogP contribution in [0.5, 0.6) is 0 Å². The van der Waals surface area contributed by atoms with E-state index < -0.39 is 5.97 Å². The molecule has 4 atom stereocenters. The minimum absolute atomic E-state index is 0.0949. The van der Waals surface area contributed by atoms with Gasteiger partial charge in [-0.1, -0.05) is 0 Å². The Kier molecular flexibility index (Phi) is 1.06. The van der Waals surface area contributed by atoms with Gasteiger partial charge in [0.05, 0.1) is 12.0 Å². The Labute approximate surface area is 58.7 Å². The quantitative estimate of drug-likeness (QED) is 0.545. The molecule has 0 aromatic heterocycles. The van der Waals surface area contributed by atoms with Crippen molar-refractivity contribution >= 4 is 5.97 Å². The lowest BCUT2D eigenvalue weighted by Gasteiger charge is -2.02. The Hall–Kier alpha value is -0.570. The zero-order valence-electron chi connectivity index (χ0n) is 5.53. The molecule has 3 nitrogen and oxygen atoms in total. The highest BCUT2D eigenvalue weighted by Crippen LogP contribution is 2.57. The van der Waals surface area contributed by atoms with Crippen molar-refractivity contribution in [3.8, 4) is 0 Å². The van der Waals surface area contributed by atoms with Crippen molar-refractivity contribution in [2.24, 2.45) is 17.8 Å². The molecule has 0 spiro atoms. The predicted octanol–water partition coefficient (Wildman–Crippen LogP) is 0.0879. The van der Waals surface area contributed by atoms with Crippen molar-refractivity contribution in [3.63, 3.8) is 0 Å². The van der Waals surface area contributed by atoms with E-state index in [2.05, 4.69) is 0 Å². The fraction of sp³-hybridized carbons (Fsp3) is 0.857. The molecule has 2 saturated carbocycles. The SMILES string of the molecule is O=C(O)C1[C@H]2[C@@H](O)CC[C@@H]12.